The summed E-state index contributed by atoms with van der Waals surface area (Å²) in [6.45, 7) is 4.04. The molecule has 1 aromatic heterocycles. The molecule has 1 heterocycles. The predicted molar refractivity (Wildman–Crippen MR) is 68.0 cm³/mol. The van der Waals surface area contributed by atoms with Gasteiger partial charge in [0.2, 0.25) is 11.7 Å². The minimum Gasteiger partial charge on any atom is -0.418 e. The molecule has 1 fully saturated rings. The van der Waals surface area contributed by atoms with Crippen molar-refractivity contribution in [3.63, 3.8) is 0 Å². The Hall–Kier alpha value is -1.19. The van der Waals surface area contributed by atoms with Gasteiger partial charge in [0, 0.05) is 12.8 Å². The first-order valence-electron chi connectivity index (χ1n) is 6.92. The summed E-state index contributed by atoms with van der Waals surface area (Å²) >= 11 is 0. The molecule has 1 aliphatic rings. The lowest BCUT2D eigenvalue weighted by atomic mass is 9.79. The van der Waals surface area contributed by atoms with Crippen molar-refractivity contribution in [1.29, 1.82) is 0 Å². The van der Waals surface area contributed by atoms with Crippen molar-refractivity contribution < 1.29 is 9.21 Å². The number of aryl methyl sites for hydroxylation is 1. The van der Waals surface area contributed by atoms with Crippen molar-refractivity contribution >= 4 is 5.78 Å². The van der Waals surface area contributed by atoms with Gasteiger partial charge in [0.25, 0.3) is 5.89 Å². The third-order valence-corrected chi connectivity index (χ3v) is 3.79. The van der Waals surface area contributed by atoms with Crippen molar-refractivity contribution in [1.82, 2.24) is 10.2 Å². The second kappa shape index (κ2) is 6.12. The van der Waals surface area contributed by atoms with Crippen LogP contribution in [0.2, 0.25) is 0 Å². The predicted octanol–water partition coefficient (Wildman–Crippen LogP) is 3.24. The van der Waals surface area contributed by atoms with E-state index >= 15 is 0 Å². The van der Waals surface area contributed by atoms with E-state index in [0.29, 0.717) is 24.1 Å². The fraction of sp³-hybridized carbons (Fsp3) is 0.714. The van der Waals surface area contributed by atoms with Crippen LogP contribution in [0.3, 0.4) is 0 Å². The zero-order chi connectivity index (χ0) is 13.0. The molecular weight excluding hydrogens is 228 g/mol. The number of carbonyl (C=O) groups is 1. The van der Waals surface area contributed by atoms with Gasteiger partial charge in [-0.2, -0.15) is 0 Å². The standard InChI is InChI=1S/C14H21N2O2/c1-3-13-15-16-14(18-13)12(17)9-10(2)11-7-5-4-6-8-11/h9-11H,3-8H2,1-2H3/t10-/m0/s1. The molecule has 2 rings (SSSR count). The van der Waals surface area contributed by atoms with Crippen LogP contribution >= 0.6 is 0 Å². The third-order valence-electron chi connectivity index (χ3n) is 3.79. The molecule has 99 valence electrons. The maximum Gasteiger partial charge on any atom is 0.284 e. The molecule has 0 aromatic carbocycles. The Morgan fingerprint density at radius 1 is 1.39 bits per heavy atom. The quantitative estimate of drug-likeness (QED) is 0.752. The summed E-state index contributed by atoms with van der Waals surface area (Å²) in [6.07, 6.45) is 8.79. The molecule has 0 unspecified atom stereocenters. The summed E-state index contributed by atoms with van der Waals surface area (Å²) in [6, 6.07) is 0. The van der Waals surface area contributed by atoms with Crippen molar-refractivity contribution in [2.75, 3.05) is 0 Å². The summed E-state index contributed by atoms with van der Waals surface area (Å²) in [5.74, 6) is 1.47. The Labute approximate surface area is 108 Å². The summed E-state index contributed by atoms with van der Waals surface area (Å²) in [4.78, 5) is 12.0. The maximum absolute atomic E-state index is 12.0. The SMILES string of the molecule is CCc1nnc(C(=O)[CH][C@H](C)C2CCCCC2)o1. The zero-order valence-corrected chi connectivity index (χ0v) is 11.2. The highest BCUT2D eigenvalue weighted by atomic mass is 16.4. The van der Waals surface area contributed by atoms with Crippen molar-refractivity contribution in [3.8, 4) is 0 Å². The van der Waals surface area contributed by atoms with Crippen LogP contribution in [-0.2, 0) is 6.42 Å². The number of hydrogen-bond donors (Lipinski definition) is 0. The number of hydrogen-bond acceptors (Lipinski definition) is 4. The maximum atomic E-state index is 12.0. The van der Waals surface area contributed by atoms with E-state index in [9.17, 15) is 4.79 Å². The number of carbonyl (C=O) groups excluding carboxylic acids is 1. The molecular formula is C14H21N2O2. The highest BCUT2D eigenvalue weighted by Gasteiger charge is 2.25. The summed E-state index contributed by atoms with van der Waals surface area (Å²) in [5, 5.41) is 7.61. The number of Topliss-reactive ketones (excluding diaryl/α,β-unsaturated/α-hetero) is 1. The molecule has 0 bridgehead atoms. The van der Waals surface area contributed by atoms with Crippen LogP contribution < -0.4 is 0 Å². The van der Waals surface area contributed by atoms with Gasteiger partial charge < -0.3 is 4.42 Å². The number of rotatable bonds is 5. The van der Waals surface area contributed by atoms with E-state index in [-0.39, 0.29) is 11.7 Å². The first kappa shape index (κ1) is 13.2. The van der Waals surface area contributed by atoms with Gasteiger partial charge in [-0.15, -0.1) is 10.2 Å². The summed E-state index contributed by atoms with van der Waals surface area (Å²) in [5.41, 5.74) is 0. The van der Waals surface area contributed by atoms with E-state index in [1.165, 1.54) is 32.1 Å². The van der Waals surface area contributed by atoms with Crippen molar-refractivity contribution in [3.05, 3.63) is 18.2 Å². The molecule has 4 heteroatoms. The number of aromatic nitrogens is 2. The van der Waals surface area contributed by atoms with E-state index in [0.717, 1.165) is 0 Å². The van der Waals surface area contributed by atoms with Crippen molar-refractivity contribution in [2.45, 2.75) is 52.4 Å². The average Bonchev–Trinajstić information content (AvgIpc) is 2.88. The molecule has 0 aliphatic heterocycles. The number of nitrogens with zero attached hydrogens (tertiary/aromatic N) is 2. The monoisotopic (exact) mass is 249 g/mol. The van der Waals surface area contributed by atoms with Gasteiger partial charge in [-0.25, -0.2) is 0 Å². The number of ketones is 1. The minimum absolute atomic E-state index is 0.125. The Bertz CT molecular complexity index is 394. The second-order valence-electron chi connectivity index (χ2n) is 5.14. The second-order valence-corrected chi connectivity index (χ2v) is 5.14. The first-order valence-corrected chi connectivity index (χ1v) is 6.92. The van der Waals surface area contributed by atoms with E-state index in [2.05, 4.69) is 17.1 Å². The molecule has 4 nitrogen and oxygen atoms in total. The Balaban J connectivity index is 1.89. The van der Waals surface area contributed by atoms with Gasteiger partial charge in [-0.1, -0.05) is 46.0 Å². The van der Waals surface area contributed by atoms with Gasteiger partial charge in [-0.3, -0.25) is 4.79 Å². The topological polar surface area (TPSA) is 56.0 Å². The Kier molecular flexibility index (Phi) is 4.50. The van der Waals surface area contributed by atoms with Crippen LogP contribution in [0.4, 0.5) is 0 Å². The molecule has 0 amide bonds. The van der Waals surface area contributed by atoms with Gasteiger partial charge in [0.1, 0.15) is 0 Å². The smallest absolute Gasteiger partial charge is 0.284 e. The third kappa shape index (κ3) is 3.18. The van der Waals surface area contributed by atoms with Gasteiger partial charge in [0.15, 0.2) is 0 Å². The molecule has 0 saturated heterocycles. The highest BCUT2D eigenvalue weighted by molar-refractivity contribution is 5.98. The van der Waals surface area contributed by atoms with Gasteiger partial charge in [0.05, 0.1) is 0 Å². The molecule has 18 heavy (non-hydrogen) atoms. The van der Waals surface area contributed by atoms with E-state index in [4.69, 9.17) is 4.42 Å². The van der Waals surface area contributed by atoms with E-state index in [1.807, 2.05) is 6.92 Å². The fourth-order valence-corrected chi connectivity index (χ4v) is 2.60. The van der Waals surface area contributed by atoms with Crippen LogP contribution in [-0.4, -0.2) is 16.0 Å². The lowest BCUT2D eigenvalue weighted by molar-refractivity contribution is 0.0969. The van der Waals surface area contributed by atoms with Crippen LogP contribution in [0.15, 0.2) is 4.42 Å². The Morgan fingerprint density at radius 3 is 2.72 bits per heavy atom. The summed E-state index contributed by atoms with van der Waals surface area (Å²) < 4.78 is 5.28. The van der Waals surface area contributed by atoms with Gasteiger partial charge in [-0.05, 0) is 11.8 Å². The molecule has 0 N–H and O–H groups in total. The highest BCUT2D eigenvalue weighted by Crippen LogP contribution is 2.31. The summed E-state index contributed by atoms with van der Waals surface area (Å²) in [7, 11) is 0. The first-order chi connectivity index (χ1) is 8.70. The zero-order valence-electron chi connectivity index (χ0n) is 11.2. The van der Waals surface area contributed by atoms with Crippen LogP contribution in [0.5, 0.6) is 0 Å². The van der Waals surface area contributed by atoms with E-state index in [1.54, 1.807) is 6.42 Å². The fourth-order valence-electron chi connectivity index (χ4n) is 2.60. The lowest BCUT2D eigenvalue weighted by Gasteiger charge is -2.26. The van der Waals surface area contributed by atoms with Crippen LogP contribution in [0.1, 0.15) is 62.5 Å². The molecule has 1 radical (unpaired) electrons. The molecule has 0 spiro atoms. The van der Waals surface area contributed by atoms with Crippen molar-refractivity contribution in [2.24, 2.45) is 11.8 Å². The minimum atomic E-state index is -0.125. The van der Waals surface area contributed by atoms with E-state index < -0.39 is 0 Å². The van der Waals surface area contributed by atoms with Crippen LogP contribution in [0.25, 0.3) is 0 Å². The van der Waals surface area contributed by atoms with Gasteiger partial charge >= 0.3 is 0 Å². The Morgan fingerprint density at radius 2 is 2.11 bits per heavy atom. The largest absolute Gasteiger partial charge is 0.418 e. The van der Waals surface area contributed by atoms with Crippen LogP contribution in [0, 0.1) is 18.3 Å². The molecule has 1 aliphatic carbocycles. The molecule has 1 aromatic rings. The average molecular weight is 249 g/mol. The lowest BCUT2D eigenvalue weighted by Crippen LogP contribution is -2.19. The normalized spacial score (nSPS) is 18.8. The molecule has 1 atom stereocenters. The molecule has 1 saturated carbocycles.